The molecule has 2 aromatic rings. The Balaban J connectivity index is 2.01. The van der Waals surface area contributed by atoms with Crippen LogP contribution in [0.15, 0.2) is 34.7 Å². The first kappa shape index (κ1) is 17.8. The molecule has 1 atom stereocenters. The molecular formula is C16H19N3O4S2. The van der Waals surface area contributed by atoms with Gasteiger partial charge in [-0.1, -0.05) is 17.7 Å². The molecule has 1 fully saturated rings. The van der Waals surface area contributed by atoms with Gasteiger partial charge in [0.25, 0.3) is 0 Å². The number of aromatic nitrogens is 1. The first-order valence-corrected chi connectivity index (χ1v) is 10.2. The lowest BCUT2D eigenvalue weighted by Crippen LogP contribution is -2.55. The van der Waals surface area contributed by atoms with Crippen LogP contribution in [0.3, 0.4) is 0 Å². The maximum Gasteiger partial charge on any atom is 0.351 e. The number of benzene rings is 1. The first-order chi connectivity index (χ1) is 11.9. The maximum atomic E-state index is 13.1. The summed E-state index contributed by atoms with van der Waals surface area (Å²) in [5, 5.41) is 2.28. The highest BCUT2D eigenvalue weighted by atomic mass is 32.2. The van der Waals surface area contributed by atoms with E-state index in [1.807, 2.05) is 6.92 Å². The summed E-state index contributed by atoms with van der Waals surface area (Å²) >= 11 is 1.14. The number of ether oxygens (including phenoxy) is 1. The zero-order valence-corrected chi connectivity index (χ0v) is 15.6. The van der Waals surface area contributed by atoms with Gasteiger partial charge in [-0.15, -0.1) is 11.3 Å². The Kier molecular flexibility index (Phi) is 5.07. The third-order valence-electron chi connectivity index (χ3n) is 4.10. The van der Waals surface area contributed by atoms with Gasteiger partial charge in [0.1, 0.15) is 5.37 Å². The number of carbonyl (C=O) groups excluding carboxylic acids is 1. The van der Waals surface area contributed by atoms with E-state index in [4.69, 9.17) is 4.74 Å². The molecule has 1 aliphatic heterocycles. The molecule has 0 spiro atoms. The average Bonchev–Trinajstić information content (AvgIpc) is 3.11. The molecule has 7 nitrogen and oxygen atoms in total. The number of nitrogens with zero attached hydrogens (tertiary/aromatic N) is 2. The van der Waals surface area contributed by atoms with E-state index in [2.05, 4.69) is 10.3 Å². The maximum absolute atomic E-state index is 13.1. The number of esters is 1. The monoisotopic (exact) mass is 381 g/mol. The van der Waals surface area contributed by atoms with Gasteiger partial charge in [0.05, 0.1) is 17.5 Å². The van der Waals surface area contributed by atoms with E-state index < -0.39 is 21.2 Å². The van der Waals surface area contributed by atoms with Crippen LogP contribution >= 0.6 is 11.3 Å². The molecule has 25 heavy (non-hydrogen) atoms. The summed E-state index contributed by atoms with van der Waals surface area (Å²) in [6.07, 6.45) is 0. The van der Waals surface area contributed by atoms with Crippen molar-refractivity contribution < 1.29 is 17.9 Å². The number of thiazole rings is 1. The summed E-state index contributed by atoms with van der Waals surface area (Å²) in [5.41, 5.74) is 2.52. The third kappa shape index (κ3) is 3.39. The van der Waals surface area contributed by atoms with Gasteiger partial charge >= 0.3 is 5.97 Å². The van der Waals surface area contributed by atoms with Crippen molar-refractivity contribution in [3.8, 4) is 0 Å². The van der Waals surface area contributed by atoms with Crippen molar-refractivity contribution >= 4 is 33.0 Å². The summed E-state index contributed by atoms with van der Waals surface area (Å²) in [4.78, 5) is 18.4. The van der Waals surface area contributed by atoms with Gasteiger partial charge in [-0.3, -0.25) is 0 Å². The van der Waals surface area contributed by atoms with Crippen molar-refractivity contribution in [3.05, 3.63) is 40.2 Å². The molecule has 2 heterocycles. The number of aryl methyl sites for hydroxylation is 1. The van der Waals surface area contributed by atoms with E-state index in [0.29, 0.717) is 23.8 Å². The number of hydrogen-bond donors (Lipinski definition) is 1. The minimum Gasteiger partial charge on any atom is -0.465 e. The van der Waals surface area contributed by atoms with Gasteiger partial charge < -0.3 is 15.0 Å². The Hall–Kier alpha value is -1.97. The molecule has 1 unspecified atom stereocenters. The summed E-state index contributed by atoms with van der Waals surface area (Å²) in [5.74, 6) is -0.151. The Morgan fingerprint density at radius 1 is 1.36 bits per heavy atom. The SMILES string of the molecule is COC(=O)c1scnc1N1CCNCC1S(=O)(=O)c1ccc(C)cc1. The number of nitrogens with one attached hydrogen (secondary N) is 1. The molecule has 0 amide bonds. The van der Waals surface area contributed by atoms with Gasteiger partial charge in [0.2, 0.25) is 9.84 Å². The van der Waals surface area contributed by atoms with Crippen molar-refractivity contribution in [1.82, 2.24) is 10.3 Å². The van der Waals surface area contributed by atoms with Crippen molar-refractivity contribution in [1.29, 1.82) is 0 Å². The summed E-state index contributed by atoms with van der Waals surface area (Å²) in [6.45, 7) is 3.21. The predicted octanol–water partition coefficient (Wildman–Crippen LogP) is 1.45. The fourth-order valence-electron chi connectivity index (χ4n) is 2.76. The zero-order valence-electron chi connectivity index (χ0n) is 13.9. The van der Waals surface area contributed by atoms with E-state index in [9.17, 15) is 13.2 Å². The van der Waals surface area contributed by atoms with E-state index in [0.717, 1.165) is 16.9 Å². The highest BCUT2D eigenvalue weighted by molar-refractivity contribution is 7.92. The normalized spacial score (nSPS) is 18.2. The van der Waals surface area contributed by atoms with Crippen molar-refractivity contribution in [3.63, 3.8) is 0 Å². The lowest BCUT2D eigenvalue weighted by molar-refractivity contribution is 0.0606. The average molecular weight is 381 g/mol. The van der Waals surface area contributed by atoms with Gasteiger partial charge in [-0.05, 0) is 19.1 Å². The minimum atomic E-state index is -3.63. The van der Waals surface area contributed by atoms with E-state index in [1.165, 1.54) is 12.6 Å². The second-order valence-corrected chi connectivity index (χ2v) is 8.67. The van der Waals surface area contributed by atoms with Crippen molar-refractivity contribution in [2.45, 2.75) is 17.2 Å². The Labute approximate surface area is 150 Å². The molecule has 0 bridgehead atoms. The van der Waals surface area contributed by atoms with Crippen molar-refractivity contribution in [2.24, 2.45) is 0 Å². The molecule has 1 aromatic carbocycles. The Morgan fingerprint density at radius 2 is 2.08 bits per heavy atom. The molecule has 134 valence electrons. The van der Waals surface area contributed by atoms with Gasteiger partial charge in [-0.25, -0.2) is 18.2 Å². The second-order valence-electron chi connectivity index (χ2n) is 5.71. The smallest absolute Gasteiger partial charge is 0.351 e. The minimum absolute atomic E-state index is 0.256. The first-order valence-electron chi connectivity index (χ1n) is 7.75. The number of carbonyl (C=O) groups is 1. The zero-order chi connectivity index (χ0) is 18.0. The molecule has 3 rings (SSSR count). The quantitative estimate of drug-likeness (QED) is 0.802. The number of anilines is 1. The highest BCUT2D eigenvalue weighted by Crippen LogP contribution is 2.30. The molecule has 1 aromatic heterocycles. The molecule has 1 aliphatic rings. The molecule has 0 aliphatic carbocycles. The van der Waals surface area contributed by atoms with Crippen LogP contribution in [0, 0.1) is 6.92 Å². The number of piperazine rings is 1. The molecule has 1 saturated heterocycles. The van der Waals surface area contributed by atoms with Crippen LogP contribution in [-0.2, 0) is 14.6 Å². The number of sulfone groups is 1. The molecule has 9 heteroatoms. The number of rotatable bonds is 4. The fraction of sp³-hybridized carbons (Fsp3) is 0.375. The number of hydrogen-bond acceptors (Lipinski definition) is 8. The topological polar surface area (TPSA) is 88.6 Å². The third-order valence-corrected chi connectivity index (χ3v) is 6.96. The van der Waals surface area contributed by atoms with Crippen LogP contribution in [0.2, 0.25) is 0 Å². The van der Waals surface area contributed by atoms with Crippen LogP contribution in [0.4, 0.5) is 5.82 Å². The Bertz CT molecular complexity index is 862. The van der Waals surface area contributed by atoms with Crippen LogP contribution in [-0.4, -0.2) is 51.5 Å². The number of methoxy groups -OCH3 is 1. The predicted molar refractivity (Wildman–Crippen MR) is 95.8 cm³/mol. The standard InChI is InChI=1S/C16H19N3O4S2/c1-11-3-5-12(6-4-11)25(21,22)13-9-17-7-8-19(13)15-14(16(20)23-2)24-10-18-15/h3-6,10,13,17H,7-9H2,1-2H3. The van der Waals surface area contributed by atoms with Gasteiger partial charge in [0, 0.05) is 19.6 Å². The fourth-order valence-corrected chi connectivity index (χ4v) is 5.18. The molecular weight excluding hydrogens is 362 g/mol. The summed E-state index contributed by atoms with van der Waals surface area (Å²) in [7, 11) is -2.33. The van der Waals surface area contributed by atoms with Crippen LogP contribution in [0.1, 0.15) is 15.2 Å². The molecule has 0 radical (unpaired) electrons. The molecule has 1 N–H and O–H groups in total. The second kappa shape index (κ2) is 7.11. The van der Waals surface area contributed by atoms with Crippen LogP contribution < -0.4 is 10.2 Å². The van der Waals surface area contributed by atoms with Gasteiger partial charge in [0.15, 0.2) is 10.7 Å². The van der Waals surface area contributed by atoms with Crippen LogP contribution in [0.5, 0.6) is 0 Å². The highest BCUT2D eigenvalue weighted by Gasteiger charge is 2.37. The summed E-state index contributed by atoms with van der Waals surface area (Å²) in [6, 6.07) is 6.77. The Morgan fingerprint density at radius 3 is 2.76 bits per heavy atom. The van der Waals surface area contributed by atoms with E-state index in [-0.39, 0.29) is 11.4 Å². The van der Waals surface area contributed by atoms with E-state index >= 15 is 0 Å². The largest absolute Gasteiger partial charge is 0.465 e. The van der Waals surface area contributed by atoms with Gasteiger partial charge in [-0.2, -0.15) is 0 Å². The lowest BCUT2D eigenvalue weighted by Gasteiger charge is -2.36. The summed E-state index contributed by atoms with van der Waals surface area (Å²) < 4.78 is 31.0. The lowest BCUT2D eigenvalue weighted by atomic mass is 10.2. The van der Waals surface area contributed by atoms with Crippen molar-refractivity contribution in [2.75, 3.05) is 31.6 Å². The molecule has 0 saturated carbocycles. The van der Waals surface area contributed by atoms with Crippen LogP contribution in [0.25, 0.3) is 0 Å². The van der Waals surface area contributed by atoms with E-state index in [1.54, 1.807) is 29.2 Å².